The Morgan fingerprint density at radius 2 is 2.25 bits per heavy atom. The van der Waals surface area contributed by atoms with Gasteiger partial charge >= 0.3 is 0 Å². The topological polar surface area (TPSA) is 12.4 Å². The average Bonchev–Trinajstić information content (AvgIpc) is 1.65. The fraction of sp³-hybridized carbons (Fsp3) is 0. The molecule has 0 aromatic heterocycles. The van der Waals surface area contributed by atoms with Gasteiger partial charge in [-0.1, -0.05) is 24.8 Å². The smallest absolute Gasteiger partial charge is 0.129 e. The van der Waals surface area contributed by atoms with E-state index in [4.69, 9.17) is 11.6 Å². The Morgan fingerprint density at radius 3 is 2.38 bits per heavy atom. The normalized spacial score (nSPS) is 11.0. The quantitative estimate of drug-likeness (QED) is 0.473. The Bertz CT molecular complexity index is 139. The maximum atomic E-state index is 5.40. The van der Waals surface area contributed by atoms with Crippen LogP contribution < -0.4 is 0 Å². The summed E-state index contributed by atoms with van der Waals surface area (Å²) in [5, 5.41) is 0.340. The van der Waals surface area contributed by atoms with E-state index in [1.54, 1.807) is 0 Å². The minimum absolute atomic E-state index is 0.340. The Morgan fingerprint density at radius 1 is 1.75 bits per heavy atom. The maximum absolute atomic E-state index is 5.40. The Kier molecular flexibility index (Phi) is 3.83. The Labute approximate surface area is 61.9 Å². The highest BCUT2D eigenvalue weighted by molar-refractivity contribution is 9.11. The van der Waals surface area contributed by atoms with Gasteiger partial charge in [-0.05, 0) is 22.0 Å². The second-order valence-corrected chi connectivity index (χ2v) is 2.32. The first-order valence-corrected chi connectivity index (χ1v) is 3.05. The average molecular weight is 194 g/mol. The SMILES string of the molecule is C=C/C(Cl)=N\C(=C)Br. The van der Waals surface area contributed by atoms with Crippen LogP contribution in [0.3, 0.4) is 0 Å². The summed E-state index contributed by atoms with van der Waals surface area (Å²) < 4.78 is 0.502. The molecule has 0 saturated heterocycles. The lowest BCUT2D eigenvalue weighted by molar-refractivity contribution is 1.58. The van der Waals surface area contributed by atoms with E-state index >= 15 is 0 Å². The van der Waals surface area contributed by atoms with Gasteiger partial charge in [0.2, 0.25) is 0 Å². The molecule has 0 aromatic carbocycles. The molecular weight excluding hydrogens is 189 g/mol. The molecule has 0 heterocycles. The summed E-state index contributed by atoms with van der Waals surface area (Å²) in [4.78, 5) is 3.68. The van der Waals surface area contributed by atoms with Gasteiger partial charge in [0.05, 0.1) is 0 Å². The maximum Gasteiger partial charge on any atom is 0.129 e. The molecule has 0 aliphatic carbocycles. The molecule has 0 atom stereocenters. The monoisotopic (exact) mass is 193 g/mol. The van der Waals surface area contributed by atoms with Crippen LogP contribution in [0, 0.1) is 0 Å². The first-order chi connectivity index (χ1) is 3.66. The highest BCUT2D eigenvalue weighted by atomic mass is 79.9. The summed E-state index contributed by atoms with van der Waals surface area (Å²) in [5.41, 5.74) is 0. The second kappa shape index (κ2) is 3.87. The summed E-state index contributed by atoms with van der Waals surface area (Å²) in [7, 11) is 0. The minimum Gasteiger partial charge on any atom is -0.230 e. The number of hydrogen-bond acceptors (Lipinski definition) is 1. The van der Waals surface area contributed by atoms with Gasteiger partial charge in [0.1, 0.15) is 9.78 Å². The standard InChI is InChI=1S/C5H5BrClN/c1-3-5(7)8-4(2)6/h3H,1-2H2/b8-5+. The van der Waals surface area contributed by atoms with Gasteiger partial charge in [0.15, 0.2) is 0 Å². The molecule has 1 nitrogen and oxygen atoms in total. The summed E-state index contributed by atoms with van der Waals surface area (Å²) >= 11 is 8.40. The van der Waals surface area contributed by atoms with Crippen LogP contribution in [-0.2, 0) is 0 Å². The van der Waals surface area contributed by atoms with Crippen molar-refractivity contribution in [2.75, 3.05) is 0 Å². The van der Waals surface area contributed by atoms with Gasteiger partial charge in [-0.15, -0.1) is 0 Å². The van der Waals surface area contributed by atoms with Crippen molar-refractivity contribution in [2.45, 2.75) is 0 Å². The first kappa shape index (κ1) is 7.92. The number of halogens is 2. The Balaban J connectivity index is 3.94. The van der Waals surface area contributed by atoms with E-state index in [9.17, 15) is 0 Å². The van der Waals surface area contributed by atoms with Crippen LogP contribution in [0.5, 0.6) is 0 Å². The van der Waals surface area contributed by atoms with Crippen LogP contribution in [0.4, 0.5) is 0 Å². The van der Waals surface area contributed by atoms with Gasteiger partial charge in [0, 0.05) is 0 Å². The van der Waals surface area contributed by atoms with E-state index in [2.05, 4.69) is 34.1 Å². The number of aliphatic imine (C=N–C) groups is 1. The molecule has 0 aromatic rings. The van der Waals surface area contributed by atoms with Crippen LogP contribution in [0.25, 0.3) is 0 Å². The van der Waals surface area contributed by atoms with Gasteiger partial charge < -0.3 is 0 Å². The second-order valence-electron chi connectivity index (χ2n) is 1.01. The Hall–Kier alpha value is -0.0800. The predicted molar refractivity (Wildman–Crippen MR) is 41.6 cm³/mol. The van der Waals surface area contributed by atoms with Crippen molar-refractivity contribution in [2.24, 2.45) is 4.99 Å². The molecule has 0 rings (SSSR count). The van der Waals surface area contributed by atoms with Crippen molar-refractivity contribution in [3.8, 4) is 0 Å². The molecule has 8 heavy (non-hydrogen) atoms. The van der Waals surface area contributed by atoms with E-state index in [1.165, 1.54) is 6.08 Å². The van der Waals surface area contributed by atoms with Gasteiger partial charge in [-0.2, -0.15) is 0 Å². The molecule has 0 N–H and O–H groups in total. The zero-order valence-corrected chi connectivity index (χ0v) is 6.54. The van der Waals surface area contributed by atoms with Crippen LogP contribution in [0.1, 0.15) is 0 Å². The molecule has 0 radical (unpaired) electrons. The van der Waals surface area contributed by atoms with Gasteiger partial charge in [0.25, 0.3) is 0 Å². The van der Waals surface area contributed by atoms with E-state index in [0.29, 0.717) is 9.78 Å². The van der Waals surface area contributed by atoms with E-state index in [0.717, 1.165) is 0 Å². The number of nitrogens with zero attached hydrogens (tertiary/aromatic N) is 1. The minimum atomic E-state index is 0.340. The van der Waals surface area contributed by atoms with E-state index in [1.807, 2.05) is 0 Å². The van der Waals surface area contributed by atoms with E-state index < -0.39 is 0 Å². The molecule has 0 unspecified atom stereocenters. The number of allylic oxidation sites excluding steroid dienone is 1. The van der Waals surface area contributed by atoms with Crippen LogP contribution in [0.15, 0.2) is 28.8 Å². The molecule has 0 fully saturated rings. The molecule has 3 heteroatoms. The van der Waals surface area contributed by atoms with Crippen molar-refractivity contribution in [1.29, 1.82) is 0 Å². The fourth-order valence-corrected chi connectivity index (χ4v) is 0.557. The summed E-state index contributed by atoms with van der Waals surface area (Å²) in [6.45, 7) is 6.83. The molecule has 0 spiro atoms. The number of rotatable bonds is 2. The van der Waals surface area contributed by atoms with Crippen molar-refractivity contribution in [1.82, 2.24) is 0 Å². The molecule has 44 valence electrons. The van der Waals surface area contributed by atoms with Crippen molar-refractivity contribution in [3.63, 3.8) is 0 Å². The lowest BCUT2D eigenvalue weighted by atomic mass is 10.7. The van der Waals surface area contributed by atoms with Crippen molar-refractivity contribution < 1.29 is 0 Å². The van der Waals surface area contributed by atoms with Crippen molar-refractivity contribution >= 4 is 32.7 Å². The zero-order valence-electron chi connectivity index (χ0n) is 4.19. The predicted octanol–water partition coefficient (Wildman–Crippen LogP) is 2.68. The highest BCUT2D eigenvalue weighted by Crippen LogP contribution is 2.03. The summed E-state index contributed by atoms with van der Waals surface area (Å²) in [6.07, 6.45) is 1.44. The van der Waals surface area contributed by atoms with Gasteiger partial charge in [-0.3, -0.25) is 0 Å². The third-order valence-corrected chi connectivity index (χ3v) is 0.813. The van der Waals surface area contributed by atoms with E-state index in [-0.39, 0.29) is 0 Å². The third-order valence-electron chi connectivity index (χ3n) is 0.397. The molecule has 0 aliphatic heterocycles. The van der Waals surface area contributed by atoms with Crippen molar-refractivity contribution in [3.05, 3.63) is 23.8 Å². The fourth-order valence-electron chi connectivity index (χ4n) is 0.162. The molecule has 0 bridgehead atoms. The lowest BCUT2D eigenvalue weighted by Gasteiger charge is -1.83. The van der Waals surface area contributed by atoms with Gasteiger partial charge in [-0.25, -0.2) is 4.99 Å². The van der Waals surface area contributed by atoms with Crippen LogP contribution in [-0.4, -0.2) is 5.17 Å². The molecule has 0 saturated carbocycles. The summed E-state index contributed by atoms with van der Waals surface area (Å²) in [6, 6.07) is 0. The largest absolute Gasteiger partial charge is 0.230 e. The number of hydrogen-bond donors (Lipinski definition) is 0. The third kappa shape index (κ3) is 4.09. The first-order valence-electron chi connectivity index (χ1n) is 1.88. The molecular formula is C5H5BrClN. The van der Waals surface area contributed by atoms with Crippen LogP contribution in [0.2, 0.25) is 0 Å². The molecule has 0 amide bonds. The lowest BCUT2D eigenvalue weighted by Crippen LogP contribution is -1.74. The summed E-state index contributed by atoms with van der Waals surface area (Å²) in [5.74, 6) is 0. The molecule has 0 aliphatic rings. The highest BCUT2D eigenvalue weighted by Gasteiger charge is 1.82. The zero-order chi connectivity index (χ0) is 6.57. The van der Waals surface area contributed by atoms with Crippen LogP contribution >= 0.6 is 27.5 Å².